The molecule has 3 heteroatoms. The number of rotatable bonds is 4. The molecule has 1 aromatic carbocycles. The van der Waals surface area contributed by atoms with Gasteiger partial charge in [-0.05, 0) is 36.1 Å². The van der Waals surface area contributed by atoms with Crippen LogP contribution in [0, 0.1) is 0 Å². The molecular formula is C14H18N2S. The summed E-state index contributed by atoms with van der Waals surface area (Å²) in [6.45, 7) is 2.96. The monoisotopic (exact) mass is 246 g/mol. The molecule has 2 nitrogen and oxygen atoms in total. The lowest BCUT2D eigenvalue weighted by atomic mass is 10.1. The highest BCUT2D eigenvalue weighted by Gasteiger charge is 2.04. The van der Waals surface area contributed by atoms with Crippen molar-refractivity contribution in [1.82, 2.24) is 0 Å². The second-order valence-corrected chi connectivity index (χ2v) is 5.35. The van der Waals surface area contributed by atoms with Crippen LogP contribution >= 0.6 is 11.3 Å². The van der Waals surface area contributed by atoms with Gasteiger partial charge in [-0.1, -0.05) is 18.2 Å². The topological polar surface area (TPSA) is 29.3 Å². The lowest BCUT2D eigenvalue weighted by Crippen LogP contribution is -2.15. The predicted octanol–water partition coefficient (Wildman–Crippen LogP) is 3.40. The van der Waals surface area contributed by atoms with E-state index >= 15 is 0 Å². The van der Waals surface area contributed by atoms with E-state index in [1.165, 1.54) is 16.1 Å². The van der Waals surface area contributed by atoms with Crippen LogP contribution in [-0.2, 0) is 6.54 Å². The minimum Gasteiger partial charge on any atom is -0.369 e. The molecule has 90 valence electrons. The van der Waals surface area contributed by atoms with Gasteiger partial charge >= 0.3 is 0 Å². The van der Waals surface area contributed by atoms with Crippen molar-refractivity contribution in [3.05, 3.63) is 52.2 Å². The van der Waals surface area contributed by atoms with Gasteiger partial charge in [-0.3, -0.25) is 0 Å². The third-order valence-corrected chi connectivity index (χ3v) is 3.69. The molecular weight excluding hydrogens is 228 g/mol. The lowest BCUT2D eigenvalue weighted by Gasteiger charge is -2.19. The Labute approximate surface area is 107 Å². The number of anilines is 1. The average molecular weight is 246 g/mol. The van der Waals surface area contributed by atoms with Crippen molar-refractivity contribution in [2.75, 3.05) is 11.9 Å². The Morgan fingerprint density at radius 1 is 1.24 bits per heavy atom. The highest BCUT2D eigenvalue weighted by atomic mass is 32.1. The van der Waals surface area contributed by atoms with Gasteiger partial charge in [-0.2, -0.15) is 0 Å². The maximum Gasteiger partial charge on any atom is 0.0519 e. The Bertz CT molecular complexity index is 446. The number of nitrogens with two attached hydrogens (primary N) is 1. The van der Waals surface area contributed by atoms with Gasteiger partial charge in [-0.15, -0.1) is 11.3 Å². The van der Waals surface area contributed by atoms with Crippen molar-refractivity contribution in [3.63, 3.8) is 0 Å². The number of thiophene rings is 1. The van der Waals surface area contributed by atoms with Crippen LogP contribution in [0.1, 0.15) is 23.4 Å². The first-order valence-corrected chi connectivity index (χ1v) is 6.64. The molecule has 0 unspecified atom stereocenters. The summed E-state index contributed by atoms with van der Waals surface area (Å²) in [6.07, 6.45) is 0. The van der Waals surface area contributed by atoms with Crippen molar-refractivity contribution < 1.29 is 0 Å². The molecule has 0 fully saturated rings. The molecule has 2 N–H and O–H groups in total. The molecule has 0 aliphatic rings. The van der Waals surface area contributed by atoms with Crippen LogP contribution in [0.4, 0.5) is 5.69 Å². The summed E-state index contributed by atoms with van der Waals surface area (Å²) in [4.78, 5) is 3.63. The molecule has 1 aromatic heterocycles. The molecule has 0 bridgehead atoms. The normalized spacial score (nSPS) is 12.4. The Kier molecular flexibility index (Phi) is 3.82. The fourth-order valence-electron chi connectivity index (χ4n) is 1.76. The number of hydrogen-bond acceptors (Lipinski definition) is 3. The molecule has 2 rings (SSSR count). The van der Waals surface area contributed by atoms with E-state index in [-0.39, 0.29) is 6.04 Å². The highest BCUT2D eigenvalue weighted by Crippen LogP contribution is 2.20. The largest absolute Gasteiger partial charge is 0.369 e. The number of benzene rings is 1. The minimum absolute atomic E-state index is 0.103. The second kappa shape index (κ2) is 5.34. The standard InChI is InChI=1S/C14H18N2S/c1-11(15)12-5-7-13(8-6-12)16(2)10-14-4-3-9-17-14/h3-9,11H,10,15H2,1-2H3/t11-/m1/s1. The Balaban J connectivity index is 2.06. The van der Waals surface area contributed by atoms with Crippen molar-refractivity contribution in [2.45, 2.75) is 19.5 Å². The summed E-state index contributed by atoms with van der Waals surface area (Å²) in [5.74, 6) is 0. The van der Waals surface area contributed by atoms with Crippen molar-refractivity contribution in [1.29, 1.82) is 0 Å². The van der Waals surface area contributed by atoms with E-state index in [1.54, 1.807) is 11.3 Å². The molecule has 17 heavy (non-hydrogen) atoms. The predicted molar refractivity (Wildman–Crippen MR) is 75.5 cm³/mol. The Morgan fingerprint density at radius 2 is 1.94 bits per heavy atom. The van der Waals surface area contributed by atoms with Crippen molar-refractivity contribution >= 4 is 17.0 Å². The van der Waals surface area contributed by atoms with Crippen LogP contribution in [-0.4, -0.2) is 7.05 Å². The first-order chi connectivity index (χ1) is 8.16. The molecule has 0 radical (unpaired) electrons. The third kappa shape index (κ3) is 3.08. The summed E-state index contributed by atoms with van der Waals surface area (Å²) in [5, 5.41) is 2.11. The van der Waals surface area contributed by atoms with E-state index in [1.807, 2.05) is 6.92 Å². The van der Waals surface area contributed by atoms with Gasteiger partial charge in [0.25, 0.3) is 0 Å². The molecule has 0 saturated heterocycles. The van der Waals surface area contributed by atoms with Gasteiger partial charge in [0.2, 0.25) is 0 Å². The van der Waals surface area contributed by atoms with Crippen LogP contribution in [0.2, 0.25) is 0 Å². The summed E-state index contributed by atoms with van der Waals surface area (Å²) in [6, 6.07) is 12.8. The second-order valence-electron chi connectivity index (χ2n) is 4.32. The lowest BCUT2D eigenvalue weighted by molar-refractivity contribution is 0.817. The van der Waals surface area contributed by atoms with Crippen LogP contribution in [0.3, 0.4) is 0 Å². The molecule has 0 amide bonds. The van der Waals surface area contributed by atoms with E-state index < -0.39 is 0 Å². The van der Waals surface area contributed by atoms with Gasteiger partial charge in [0.05, 0.1) is 6.54 Å². The molecule has 1 heterocycles. The molecule has 0 aliphatic carbocycles. The van der Waals surface area contributed by atoms with E-state index in [4.69, 9.17) is 5.73 Å². The van der Waals surface area contributed by atoms with Crippen LogP contribution in [0.15, 0.2) is 41.8 Å². The van der Waals surface area contributed by atoms with Gasteiger partial charge < -0.3 is 10.6 Å². The summed E-state index contributed by atoms with van der Waals surface area (Å²) >= 11 is 1.79. The maximum atomic E-state index is 5.84. The molecule has 0 spiro atoms. The van der Waals surface area contributed by atoms with Crippen LogP contribution < -0.4 is 10.6 Å². The summed E-state index contributed by atoms with van der Waals surface area (Å²) < 4.78 is 0. The van der Waals surface area contributed by atoms with Crippen LogP contribution in [0.5, 0.6) is 0 Å². The number of nitrogens with zero attached hydrogens (tertiary/aromatic N) is 1. The fraction of sp³-hybridized carbons (Fsp3) is 0.286. The Morgan fingerprint density at radius 3 is 2.47 bits per heavy atom. The molecule has 1 atom stereocenters. The van der Waals surface area contributed by atoms with E-state index in [9.17, 15) is 0 Å². The number of hydrogen-bond donors (Lipinski definition) is 1. The van der Waals surface area contributed by atoms with E-state index in [0.29, 0.717) is 0 Å². The molecule has 0 aliphatic heterocycles. The fourth-order valence-corrected chi connectivity index (χ4v) is 2.52. The van der Waals surface area contributed by atoms with Crippen molar-refractivity contribution in [3.8, 4) is 0 Å². The van der Waals surface area contributed by atoms with Crippen molar-refractivity contribution in [2.24, 2.45) is 5.73 Å². The third-order valence-electron chi connectivity index (χ3n) is 2.83. The van der Waals surface area contributed by atoms with Gasteiger partial charge in [0.1, 0.15) is 0 Å². The maximum absolute atomic E-state index is 5.84. The highest BCUT2D eigenvalue weighted by molar-refractivity contribution is 7.09. The Hall–Kier alpha value is -1.32. The summed E-state index contributed by atoms with van der Waals surface area (Å²) in [7, 11) is 2.11. The summed E-state index contributed by atoms with van der Waals surface area (Å²) in [5.41, 5.74) is 8.24. The first kappa shape index (κ1) is 12.1. The quantitative estimate of drug-likeness (QED) is 0.896. The minimum atomic E-state index is 0.103. The SMILES string of the molecule is C[C@@H](N)c1ccc(N(C)Cc2cccs2)cc1. The van der Waals surface area contributed by atoms with E-state index in [2.05, 4.69) is 53.7 Å². The molecule has 0 saturated carbocycles. The van der Waals surface area contributed by atoms with Gasteiger partial charge in [0, 0.05) is 23.7 Å². The average Bonchev–Trinajstić information content (AvgIpc) is 2.82. The first-order valence-electron chi connectivity index (χ1n) is 5.76. The zero-order valence-electron chi connectivity index (χ0n) is 10.3. The van der Waals surface area contributed by atoms with E-state index in [0.717, 1.165) is 6.54 Å². The zero-order valence-corrected chi connectivity index (χ0v) is 11.1. The van der Waals surface area contributed by atoms with Gasteiger partial charge in [0.15, 0.2) is 0 Å². The molecule has 2 aromatic rings. The zero-order chi connectivity index (χ0) is 12.3. The van der Waals surface area contributed by atoms with Gasteiger partial charge in [-0.25, -0.2) is 0 Å². The smallest absolute Gasteiger partial charge is 0.0519 e. The van der Waals surface area contributed by atoms with Crippen LogP contribution in [0.25, 0.3) is 0 Å².